The third kappa shape index (κ3) is 2.00. The van der Waals surface area contributed by atoms with Crippen molar-refractivity contribution in [2.45, 2.75) is 19.0 Å². The molecule has 0 aromatic rings. The molecule has 0 radical (unpaired) electrons. The van der Waals surface area contributed by atoms with Gasteiger partial charge in [0, 0.05) is 12.0 Å². The van der Waals surface area contributed by atoms with Gasteiger partial charge in [-0.1, -0.05) is 6.08 Å². The molecule has 0 saturated heterocycles. The Kier molecular flexibility index (Phi) is 1.93. The number of alkyl halides is 3. The summed E-state index contributed by atoms with van der Waals surface area (Å²) in [6.45, 7) is 0. The molecule has 0 saturated carbocycles. The molecule has 11 heavy (non-hydrogen) atoms. The molecule has 0 fully saturated rings. The molecule has 0 spiro atoms. The molecule has 1 nitrogen and oxygen atoms in total. The number of aliphatic hydroxyl groups is 1. The summed E-state index contributed by atoms with van der Waals surface area (Å²) >= 11 is 0. The second-order valence-corrected chi connectivity index (χ2v) is 2.34. The van der Waals surface area contributed by atoms with Crippen molar-refractivity contribution in [3.63, 3.8) is 0 Å². The number of rotatable bonds is 0. The number of allylic oxidation sites excluding steroid dienone is 3. The Morgan fingerprint density at radius 2 is 1.91 bits per heavy atom. The fourth-order valence-electron chi connectivity index (χ4n) is 0.893. The first-order valence-corrected chi connectivity index (χ1v) is 3.14. The van der Waals surface area contributed by atoms with Crippen molar-refractivity contribution in [3.05, 3.63) is 23.5 Å². The number of hydrogen-bond acceptors (Lipinski definition) is 1. The number of aliphatic hydroxyl groups excluding tert-OH is 1. The van der Waals surface area contributed by atoms with Gasteiger partial charge in [-0.3, -0.25) is 0 Å². The van der Waals surface area contributed by atoms with E-state index in [1.165, 1.54) is 6.08 Å². The van der Waals surface area contributed by atoms with E-state index >= 15 is 0 Å². The topological polar surface area (TPSA) is 20.2 Å². The van der Waals surface area contributed by atoms with Gasteiger partial charge in [-0.2, -0.15) is 13.2 Å². The first-order valence-electron chi connectivity index (χ1n) is 3.14. The molecule has 0 aromatic heterocycles. The van der Waals surface area contributed by atoms with Crippen LogP contribution < -0.4 is 0 Å². The van der Waals surface area contributed by atoms with Crippen LogP contribution in [0.2, 0.25) is 0 Å². The molecule has 1 rings (SSSR count). The van der Waals surface area contributed by atoms with Gasteiger partial charge in [0.05, 0.1) is 5.76 Å². The van der Waals surface area contributed by atoms with E-state index in [0.29, 0.717) is 0 Å². The van der Waals surface area contributed by atoms with Crippen molar-refractivity contribution in [2.24, 2.45) is 0 Å². The van der Waals surface area contributed by atoms with E-state index in [1.54, 1.807) is 0 Å². The fourth-order valence-corrected chi connectivity index (χ4v) is 0.893. The van der Waals surface area contributed by atoms with Crippen LogP contribution in [0.15, 0.2) is 23.5 Å². The van der Waals surface area contributed by atoms with Crippen molar-refractivity contribution in [1.82, 2.24) is 0 Å². The van der Waals surface area contributed by atoms with Crippen molar-refractivity contribution in [3.8, 4) is 0 Å². The molecule has 0 aromatic carbocycles. The normalized spacial score (nSPS) is 19.2. The third-order valence-corrected chi connectivity index (χ3v) is 1.45. The van der Waals surface area contributed by atoms with E-state index < -0.39 is 11.7 Å². The lowest BCUT2D eigenvalue weighted by atomic mass is 10.0. The van der Waals surface area contributed by atoms with Crippen LogP contribution >= 0.6 is 0 Å². The maximum absolute atomic E-state index is 11.9. The highest BCUT2D eigenvalue weighted by atomic mass is 19.4. The Labute approximate surface area is 61.8 Å². The van der Waals surface area contributed by atoms with Crippen molar-refractivity contribution in [1.29, 1.82) is 0 Å². The quantitative estimate of drug-likeness (QED) is 0.546. The fraction of sp³-hybridized carbons (Fsp3) is 0.429. The Bertz CT molecular complexity index is 212. The maximum atomic E-state index is 11.9. The molecule has 1 N–H and O–H groups in total. The summed E-state index contributed by atoms with van der Waals surface area (Å²) in [7, 11) is 0. The average Bonchev–Trinajstić information content (AvgIpc) is 1.86. The predicted molar refractivity (Wildman–Crippen MR) is 34.1 cm³/mol. The van der Waals surface area contributed by atoms with Crippen LogP contribution in [-0.4, -0.2) is 11.3 Å². The second-order valence-electron chi connectivity index (χ2n) is 2.34. The summed E-state index contributed by atoms with van der Waals surface area (Å²) in [6, 6.07) is 0. The van der Waals surface area contributed by atoms with Crippen LogP contribution in [0.3, 0.4) is 0 Å². The van der Waals surface area contributed by atoms with Gasteiger partial charge >= 0.3 is 6.18 Å². The zero-order valence-electron chi connectivity index (χ0n) is 5.65. The van der Waals surface area contributed by atoms with E-state index in [-0.39, 0.29) is 18.6 Å². The lowest BCUT2D eigenvalue weighted by Crippen LogP contribution is -2.14. The minimum atomic E-state index is -4.29. The van der Waals surface area contributed by atoms with Gasteiger partial charge in [-0.05, 0) is 12.5 Å². The molecule has 0 atom stereocenters. The van der Waals surface area contributed by atoms with E-state index in [1.807, 2.05) is 0 Å². The lowest BCUT2D eigenvalue weighted by Gasteiger charge is -2.13. The summed E-state index contributed by atoms with van der Waals surface area (Å²) in [5, 5.41) is 8.76. The Morgan fingerprint density at radius 3 is 2.27 bits per heavy atom. The molecule has 62 valence electrons. The SMILES string of the molecule is OC1=CCC=C(C(F)(F)F)C1. The largest absolute Gasteiger partial charge is 0.512 e. The van der Waals surface area contributed by atoms with E-state index in [9.17, 15) is 13.2 Å². The summed E-state index contributed by atoms with van der Waals surface area (Å²) in [5.74, 6) is -0.195. The predicted octanol–water partition coefficient (Wildman–Crippen LogP) is 2.71. The first-order chi connectivity index (χ1) is 5.00. The molecule has 1 aliphatic carbocycles. The van der Waals surface area contributed by atoms with Gasteiger partial charge in [-0.15, -0.1) is 0 Å². The van der Waals surface area contributed by atoms with Crippen molar-refractivity contribution >= 4 is 0 Å². The van der Waals surface area contributed by atoms with Crippen LogP contribution in [0.25, 0.3) is 0 Å². The van der Waals surface area contributed by atoms with Crippen molar-refractivity contribution in [2.75, 3.05) is 0 Å². The summed E-state index contributed by atoms with van der Waals surface area (Å²) in [4.78, 5) is 0. The van der Waals surface area contributed by atoms with Crippen LogP contribution in [0, 0.1) is 0 Å². The zero-order chi connectivity index (χ0) is 8.48. The summed E-state index contributed by atoms with van der Waals surface area (Å²) in [5.41, 5.74) is -0.655. The maximum Gasteiger partial charge on any atom is 0.412 e. The van der Waals surface area contributed by atoms with Gasteiger partial charge in [0.15, 0.2) is 0 Å². The molecule has 0 amide bonds. The smallest absolute Gasteiger partial charge is 0.412 e. The molecule has 0 unspecified atom stereocenters. The summed E-state index contributed by atoms with van der Waals surface area (Å²) in [6.07, 6.45) is -2.05. The third-order valence-electron chi connectivity index (χ3n) is 1.45. The molecular weight excluding hydrogens is 157 g/mol. The van der Waals surface area contributed by atoms with Gasteiger partial charge in [-0.25, -0.2) is 0 Å². The van der Waals surface area contributed by atoms with Gasteiger partial charge < -0.3 is 5.11 Å². The zero-order valence-corrected chi connectivity index (χ0v) is 5.65. The average molecular weight is 164 g/mol. The van der Waals surface area contributed by atoms with Crippen LogP contribution in [0.1, 0.15) is 12.8 Å². The molecule has 1 aliphatic rings. The van der Waals surface area contributed by atoms with Gasteiger partial charge in [0.1, 0.15) is 0 Å². The molecule has 0 bridgehead atoms. The molecule has 0 heterocycles. The van der Waals surface area contributed by atoms with Crippen LogP contribution in [-0.2, 0) is 0 Å². The first kappa shape index (κ1) is 8.17. The van der Waals surface area contributed by atoms with Gasteiger partial charge in [0.2, 0.25) is 0 Å². The standard InChI is InChI=1S/C7H7F3O/c8-7(9,10)5-2-1-3-6(11)4-5/h2-3,11H,1,4H2. The Morgan fingerprint density at radius 1 is 1.27 bits per heavy atom. The van der Waals surface area contributed by atoms with E-state index in [2.05, 4.69) is 0 Å². The highest BCUT2D eigenvalue weighted by molar-refractivity contribution is 5.21. The summed E-state index contributed by atoms with van der Waals surface area (Å²) < 4.78 is 35.7. The lowest BCUT2D eigenvalue weighted by molar-refractivity contribution is -0.0943. The molecule has 4 heteroatoms. The monoisotopic (exact) mass is 164 g/mol. The minimum absolute atomic E-state index is 0.167. The Balaban J connectivity index is 2.70. The van der Waals surface area contributed by atoms with E-state index in [4.69, 9.17) is 5.11 Å². The van der Waals surface area contributed by atoms with Crippen molar-refractivity contribution < 1.29 is 18.3 Å². The van der Waals surface area contributed by atoms with E-state index in [0.717, 1.165) is 6.08 Å². The highest BCUT2D eigenvalue weighted by Gasteiger charge is 2.34. The van der Waals surface area contributed by atoms with Gasteiger partial charge in [0.25, 0.3) is 0 Å². The number of halogens is 3. The van der Waals surface area contributed by atoms with Crippen LogP contribution in [0.5, 0.6) is 0 Å². The number of hydrogen-bond donors (Lipinski definition) is 1. The second kappa shape index (κ2) is 2.60. The minimum Gasteiger partial charge on any atom is -0.512 e. The molecular formula is C7H7F3O. The highest BCUT2D eigenvalue weighted by Crippen LogP contribution is 2.32. The Hall–Kier alpha value is -0.930. The van der Waals surface area contributed by atoms with Crippen LogP contribution in [0.4, 0.5) is 13.2 Å². The molecule has 0 aliphatic heterocycles.